The van der Waals surface area contributed by atoms with E-state index in [0.717, 1.165) is 10.2 Å². The normalized spacial score (nSPS) is 11.4. The predicted octanol–water partition coefficient (Wildman–Crippen LogP) is 3.04. The van der Waals surface area contributed by atoms with Crippen molar-refractivity contribution >= 4 is 59.6 Å². The minimum Gasteiger partial charge on any atom is -0.244 e. The highest BCUT2D eigenvalue weighted by Gasteiger charge is 2.12. The van der Waals surface area contributed by atoms with Gasteiger partial charge in [-0.2, -0.15) is 0 Å². The number of hydrogen-bond donors (Lipinski definition) is 0. The highest BCUT2D eigenvalue weighted by atomic mass is 79.9. The summed E-state index contributed by atoms with van der Waals surface area (Å²) in [5.41, 5.74) is 0.415. The van der Waals surface area contributed by atoms with Crippen LogP contribution in [0.1, 0.15) is 5.69 Å². The monoisotopic (exact) mass is 361 g/mol. The largest absolute Gasteiger partial charge is 0.244 e. The van der Waals surface area contributed by atoms with Crippen LogP contribution in [0.4, 0.5) is 0 Å². The van der Waals surface area contributed by atoms with Gasteiger partial charge in [0.1, 0.15) is 0 Å². The summed E-state index contributed by atoms with van der Waals surface area (Å²) in [6.07, 6.45) is 4.10. The van der Waals surface area contributed by atoms with Crippen LogP contribution in [-0.2, 0) is 10.0 Å². The Kier molecular flexibility index (Phi) is 3.85. The van der Waals surface area contributed by atoms with E-state index in [9.17, 15) is 8.42 Å². The van der Waals surface area contributed by atoms with Gasteiger partial charge in [0, 0.05) is 6.20 Å². The third-order valence-corrected chi connectivity index (χ3v) is 3.25. The van der Waals surface area contributed by atoms with Crippen LogP contribution in [0.5, 0.6) is 0 Å². The molecule has 0 amide bonds. The summed E-state index contributed by atoms with van der Waals surface area (Å²) in [6.45, 7) is 0. The van der Waals surface area contributed by atoms with Gasteiger partial charge >= 0.3 is 0 Å². The van der Waals surface area contributed by atoms with Gasteiger partial charge in [-0.1, -0.05) is 11.6 Å². The molecule has 1 heterocycles. The van der Waals surface area contributed by atoms with Crippen LogP contribution in [0.15, 0.2) is 15.7 Å². The van der Waals surface area contributed by atoms with E-state index in [1.54, 1.807) is 6.08 Å². The molecule has 0 aliphatic rings. The molecule has 0 saturated heterocycles. The zero-order chi connectivity index (χ0) is 10.9. The molecule has 0 fully saturated rings. The van der Waals surface area contributed by atoms with E-state index in [2.05, 4.69) is 31.9 Å². The molecule has 0 N–H and O–H groups in total. The van der Waals surface area contributed by atoms with Crippen molar-refractivity contribution in [2.24, 2.45) is 0 Å². The Morgan fingerprint density at radius 2 is 2.14 bits per heavy atom. The van der Waals surface area contributed by atoms with Crippen LogP contribution < -0.4 is 0 Å². The Morgan fingerprint density at radius 3 is 2.57 bits per heavy atom. The first-order chi connectivity index (χ1) is 6.32. The molecule has 0 unspecified atom stereocenters. The van der Waals surface area contributed by atoms with E-state index in [4.69, 9.17) is 11.6 Å². The summed E-state index contributed by atoms with van der Waals surface area (Å²) in [6, 6.07) is 1.53. The average molecular weight is 363 g/mol. The second-order valence-electron chi connectivity index (χ2n) is 2.54. The molecule has 7 heteroatoms. The van der Waals surface area contributed by atoms with Crippen molar-refractivity contribution in [1.29, 1.82) is 0 Å². The quantitative estimate of drug-likeness (QED) is 0.810. The number of hydrogen-bond acceptors (Lipinski definition) is 2. The second-order valence-corrected chi connectivity index (χ2v) is 7.58. The minimum absolute atomic E-state index is 0.381. The van der Waals surface area contributed by atoms with Gasteiger partial charge in [0.25, 0.3) is 0 Å². The van der Waals surface area contributed by atoms with E-state index in [1.807, 2.05) is 0 Å². The summed E-state index contributed by atoms with van der Waals surface area (Å²) in [7, 11) is -3.31. The van der Waals surface area contributed by atoms with E-state index < -0.39 is 10.0 Å². The zero-order valence-electron chi connectivity index (χ0n) is 7.04. The molecule has 14 heavy (non-hydrogen) atoms. The van der Waals surface area contributed by atoms with Crippen molar-refractivity contribution in [3.8, 4) is 0 Å². The van der Waals surface area contributed by atoms with Crippen molar-refractivity contribution in [2.45, 2.75) is 0 Å². The SMILES string of the molecule is CS(=O)(=O)n1ccc(Cl)c1C=C(Br)Br. The van der Waals surface area contributed by atoms with E-state index in [1.165, 1.54) is 12.3 Å². The third kappa shape index (κ3) is 2.85. The molecule has 0 bridgehead atoms. The summed E-state index contributed by atoms with van der Waals surface area (Å²) in [5, 5.41) is 0.381. The fourth-order valence-electron chi connectivity index (χ4n) is 0.929. The van der Waals surface area contributed by atoms with Crippen LogP contribution in [0.25, 0.3) is 6.08 Å². The molecule has 0 aliphatic heterocycles. The molecular weight excluding hydrogens is 357 g/mol. The minimum atomic E-state index is -3.31. The maximum Gasteiger partial charge on any atom is 0.236 e. The number of nitrogens with zero attached hydrogens (tertiary/aromatic N) is 1. The standard InChI is InChI=1S/C7H6Br2ClNO2S/c1-14(12,13)11-3-2-5(10)6(11)4-7(8)9/h2-4H,1H3. The average Bonchev–Trinajstić information content (AvgIpc) is 2.30. The Hall–Kier alpha value is 0.220. The molecule has 0 atom stereocenters. The van der Waals surface area contributed by atoms with Gasteiger partial charge in [0.05, 0.1) is 20.4 Å². The first-order valence-corrected chi connectivity index (χ1v) is 7.23. The van der Waals surface area contributed by atoms with Crippen LogP contribution in [-0.4, -0.2) is 18.6 Å². The van der Waals surface area contributed by atoms with Gasteiger partial charge in [-0.25, -0.2) is 12.4 Å². The lowest BCUT2D eigenvalue weighted by Crippen LogP contribution is -2.10. The first kappa shape index (κ1) is 12.3. The van der Waals surface area contributed by atoms with Gasteiger partial charge in [-0.15, -0.1) is 0 Å². The lowest BCUT2D eigenvalue weighted by molar-refractivity contribution is 0.593. The molecule has 1 aromatic heterocycles. The molecule has 0 aliphatic carbocycles. The molecule has 0 aromatic carbocycles. The van der Waals surface area contributed by atoms with Crippen molar-refractivity contribution in [1.82, 2.24) is 3.97 Å². The van der Waals surface area contributed by atoms with Crippen molar-refractivity contribution < 1.29 is 8.42 Å². The molecule has 78 valence electrons. The number of rotatable bonds is 2. The predicted molar refractivity (Wildman–Crippen MR) is 65.5 cm³/mol. The van der Waals surface area contributed by atoms with E-state index >= 15 is 0 Å². The van der Waals surface area contributed by atoms with Gasteiger partial charge in [-0.3, -0.25) is 0 Å². The first-order valence-electron chi connectivity index (χ1n) is 3.42. The Morgan fingerprint density at radius 1 is 1.57 bits per heavy atom. The Balaban J connectivity index is 3.42. The molecule has 0 spiro atoms. The smallest absolute Gasteiger partial charge is 0.236 e. The van der Waals surface area contributed by atoms with E-state index in [-0.39, 0.29) is 0 Å². The Bertz CT molecular complexity index is 474. The van der Waals surface area contributed by atoms with Crippen LogP contribution in [0.3, 0.4) is 0 Å². The zero-order valence-corrected chi connectivity index (χ0v) is 11.8. The lowest BCUT2D eigenvalue weighted by atomic mass is 10.4. The number of halogens is 3. The number of aromatic nitrogens is 1. The summed E-state index contributed by atoms with van der Waals surface area (Å²) in [4.78, 5) is 0. The molecule has 0 radical (unpaired) electrons. The summed E-state index contributed by atoms with van der Waals surface area (Å²) >= 11 is 12.1. The fourth-order valence-corrected chi connectivity index (χ4v) is 2.41. The maximum absolute atomic E-state index is 11.3. The van der Waals surface area contributed by atoms with Gasteiger partial charge in [0.2, 0.25) is 10.0 Å². The van der Waals surface area contributed by atoms with Gasteiger partial charge in [-0.05, 0) is 44.0 Å². The van der Waals surface area contributed by atoms with Gasteiger partial charge in [0.15, 0.2) is 0 Å². The maximum atomic E-state index is 11.3. The van der Waals surface area contributed by atoms with Gasteiger partial charge < -0.3 is 0 Å². The topological polar surface area (TPSA) is 39.1 Å². The van der Waals surface area contributed by atoms with Crippen LogP contribution in [0, 0.1) is 0 Å². The highest BCUT2D eigenvalue weighted by molar-refractivity contribution is 9.28. The Labute approximate surface area is 104 Å². The summed E-state index contributed by atoms with van der Waals surface area (Å²) < 4.78 is 24.3. The van der Waals surface area contributed by atoms with Crippen molar-refractivity contribution in [3.05, 3.63) is 26.4 Å². The summed E-state index contributed by atoms with van der Waals surface area (Å²) in [5.74, 6) is 0. The molecular formula is C7H6Br2ClNO2S. The van der Waals surface area contributed by atoms with E-state index in [0.29, 0.717) is 14.1 Å². The fraction of sp³-hybridized carbons (Fsp3) is 0.143. The highest BCUT2D eigenvalue weighted by Crippen LogP contribution is 2.25. The van der Waals surface area contributed by atoms with Crippen molar-refractivity contribution in [2.75, 3.05) is 6.26 Å². The molecule has 1 rings (SSSR count). The van der Waals surface area contributed by atoms with Crippen LogP contribution in [0.2, 0.25) is 5.02 Å². The molecule has 1 aromatic rings. The third-order valence-electron chi connectivity index (χ3n) is 1.44. The molecule has 0 saturated carbocycles. The van der Waals surface area contributed by atoms with Crippen molar-refractivity contribution in [3.63, 3.8) is 0 Å². The molecule has 3 nitrogen and oxygen atoms in total. The second kappa shape index (κ2) is 4.38. The van der Waals surface area contributed by atoms with Crippen LogP contribution >= 0.6 is 43.5 Å². The lowest BCUT2D eigenvalue weighted by Gasteiger charge is -2.02.